The molecule has 0 fully saturated rings. The maximum Gasteiger partial charge on any atom is 0.323 e. The third kappa shape index (κ3) is 2.97. The number of benzene rings is 1. The van der Waals surface area contributed by atoms with E-state index in [2.05, 4.69) is 4.98 Å². The van der Waals surface area contributed by atoms with Crippen LogP contribution in [0.15, 0.2) is 48.8 Å². The molecule has 1 amide bonds. The monoisotopic (exact) mass is 274 g/mol. The van der Waals surface area contributed by atoms with Gasteiger partial charge in [-0.2, -0.15) is 0 Å². The third-order valence-corrected chi connectivity index (χ3v) is 2.61. The van der Waals surface area contributed by atoms with E-state index in [1.165, 1.54) is 12.3 Å². The predicted molar refractivity (Wildman–Crippen MR) is 69.9 cm³/mol. The number of halogens is 1. The second-order valence-corrected chi connectivity index (χ2v) is 3.98. The molecule has 0 aliphatic carbocycles. The standard InChI is InChI=1S/C14H11FN2O3/c15-12-8-16-7-6-11(12)14(20)17(9-13(18)19)10-4-2-1-3-5-10/h1-8H,9H2,(H,18,19). The molecule has 1 N–H and O–H groups in total. The van der Waals surface area contributed by atoms with Crippen molar-refractivity contribution in [2.45, 2.75) is 0 Å². The van der Waals surface area contributed by atoms with Gasteiger partial charge in [0.2, 0.25) is 0 Å². The van der Waals surface area contributed by atoms with Gasteiger partial charge in [0, 0.05) is 11.9 Å². The molecule has 5 nitrogen and oxygen atoms in total. The van der Waals surface area contributed by atoms with Crippen molar-refractivity contribution < 1.29 is 19.1 Å². The first-order valence-corrected chi connectivity index (χ1v) is 5.78. The quantitative estimate of drug-likeness (QED) is 0.925. The predicted octanol–water partition coefficient (Wildman–Crippen LogP) is 1.95. The minimum Gasteiger partial charge on any atom is -0.480 e. The molecule has 0 saturated carbocycles. The van der Waals surface area contributed by atoms with Gasteiger partial charge in [-0.1, -0.05) is 18.2 Å². The number of aliphatic carboxylic acids is 1. The Morgan fingerprint density at radius 1 is 1.20 bits per heavy atom. The lowest BCUT2D eigenvalue weighted by molar-refractivity contribution is -0.135. The molecule has 1 aromatic carbocycles. The second-order valence-electron chi connectivity index (χ2n) is 3.98. The van der Waals surface area contributed by atoms with Gasteiger partial charge < -0.3 is 5.11 Å². The minimum absolute atomic E-state index is 0.217. The van der Waals surface area contributed by atoms with E-state index in [0.29, 0.717) is 5.69 Å². The summed E-state index contributed by atoms with van der Waals surface area (Å²) in [6.07, 6.45) is 2.19. The summed E-state index contributed by atoms with van der Waals surface area (Å²) >= 11 is 0. The van der Waals surface area contributed by atoms with Crippen molar-refractivity contribution in [1.29, 1.82) is 0 Å². The molecular weight excluding hydrogens is 263 g/mol. The Morgan fingerprint density at radius 2 is 1.90 bits per heavy atom. The van der Waals surface area contributed by atoms with Crippen LogP contribution in [-0.4, -0.2) is 28.5 Å². The highest BCUT2D eigenvalue weighted by molar-refractivity contribution is 6.08. The van der Waals surface area contributed by atoms with Crippen LogP contribution in [0.25, 0.3) is 0 Å². The third-order valence-electron chi connectivity index (χ3n) is 2.61. The first-order chi connectivity index (χ1) is 9.59. The van der Waals surface area contributed by atoms with Crippen LogP contribution >= 0.6 is 0 Å². The summed E-state index contributed by atoms with van der Waals surface area (Å²) in [6, 6.07) is 9.45. The van der Waals surface area contributed by atoms with E-state index in [4.69, 9.17) is 5.11 Å². The van der Waals surface area contributed by atoms with E-state index in [1.807, 2.05) is 0 Å². The number of para-hydroxylation sites is 1. The van der Waals surface area contributed by atoms with Gasteiger partial charge in [0.25, 0.3) is 5.91 Å². The number of amides is 1. The molecule has 2 rings (SSSR count). The van der Waals surface area contributed by atoms with Gasteiger partial charge in [-0.05, 0) is 18.2 Å². The number of hydrogen-bond acceptors (Lipinski definition) is 3. The van der Waals surface area contributed by atoms with E-state index in [1.54, 1.807) is 30.3 Å². The summed E-state index contributed by atoms with van der Waals surface area (Å²) in [6.45, 7) is -0.551. The smallest absolute Gasteiger partial charge is 0.323 e. The molecule has 0 saturated heterocycles. The second kappa shape index (κ2) is 5.92. The summed E-state index contributed by atoms with van der Waals surface area (Å²) in [7, 11) is 0. The van der Waals surface area contributed by atoms with E-state index in [0.717, 1.165) is 11.1 Å². The van der Waals surface area contributed by atoms with Gasteiger partial charge >= 0.3 is 5.97 Å². The SMILES string of the molecule is O=C(O)CN(C(=O)c1ccncc1F)c1ccccc1. The zero-order valence-corrected chi connectivity index (χ0v) is 10.4. The number of hydrogen-bond donors (Lipinski definition) is 1. The number of nitrogens with zero attached hydrogens (tertiary/aromatic N) is 2. The molecule has 2 aromatic rings. The summed E-state index contributed by atoms with van der Waals surface area (Å²) in [5, 5.41) is 8.91. The van der Waals surface area contributed by atoms with Gasteiger partial charge in [0.05, 0.1) is 11.8 Å². The van der Waals surface area contributed by atoms with Crippen LogP contribution in [-0.2, 0) is 4.79 Å². The van der Waals surface area contributed by atoms with Crippen LogP contribution in [0.5, 0.6) is 0 Å². The molecule has 0 spiro atoms. The van der Waals surface area contributed by atoms with E-state index < -0.39 is 24.2 Å². The summed E-state index contributed by atoms with van der Waals surface area (Å²) < 4.78 is 13.6. The van der Waals surface area contributed by atoms with Crippen LogP contribution in [0.4, 0.5) is 10.1 Å². The molecule has 0 unspecified atom stereocenters. The van der Waals surface area contributed by atoms with Crippen molar-refractivity contribution in [2.75, 3.05) is 11.4 Å². The lowest BCUT2D eigenvalue weighted by atomic mass is 10.2. The Labute approximate surface area is 114 Å². The maximum absolute atomic E-state index is 13.6. The Hall–Kier alpha value is -2.76. The lowest BCUT2D eigenvalue weighted by Gasteiger charge is -2.21. The molecule has 0 radical (unpaired) electrons. The fraction of sp³-hybridized carbons (Fsp3) is 0.0714. The van der Waals surface area contributed by atoms with E-state index in [9.17, 15) is 14.0 Å². The number of pyridine rings is 1. The number of carbonyl (C=O) groups excluding carboxylic acids is 1. The van der Waals surface area contributed by atoms with Crippen molar-refractivity contribution in [3.8, 4) is 0 Å². The Bertz CT molecular complexity index is 631. The van der Waals surface area contributed by atoms with Crippen LogP contribution < -0.4 is 4.90 Å². The Balaban J connectivity index is 2.40. The van der Waals surface area contributed by atoms with Gasteiger partial charge in [0.1, 0.15) is 6.54 Å². The van der Waals surface area contributed by atoms with Crippen LogP contribution in [0.1, 0.15) is 10.4 Å². The fourth-order valence-electron chi connectivity index (χ4n) is 1.72. The molecule has 6 heteroatoms. The number of carboxylic acids is 1. The van der Waals surface area contributed by atoms with Crippen molar-refractivity contribution in [1.82, 2.24) is 4.98 Å². The van der Waals surface area contributed by atoms with E-state index >= 15 is 0 Å². The van der Waals surface area contributed by atoms with Gasteiger partial charge in [-0.3, -0.25) is 19.5 Å². The van der Waals surface area contributed by atoms with E-state index in [-0.39, 0.29) is 5.56 Å². The summed E-state index contributed by atoms with van der Waals surface area (Å²) in [5.74, 6) is -2.70. The number of rotatable bonds is 4. The highest BCUT2D eigenvalue weighted by Crippen LogP contribution is 2.17. The number of carbonyl (C=O) groups is 2. The van der Waals surface area contributed by atoms with Crippen molar-refractivity contribution in [2.24, 2.45) is 0 Å². The summed E-state index contributed by atoms with van der Waals surface area (Å²) in [4.78, 5) is 27.8. The zero-order chi connectivity index (χ0) is 14.5. The topological polar surface area (TPSA) is 70.5 Å². The largest absolute Gasteiger partial charge is 0.480 e. The molecule has 20 heavy (non-hydrogen) atoms. The first kappa shape index (κ1) is 13.7. The Morgan fingerprint density at radius 3 is 2.50 bits per heavy atom. The van der Waals surface area contributed by atoms with Crippen molar-refractivity contribution in [3.05, 3.63) is 60.2 Å². The summed E-state index contributed by atoms with van der Waals surface area (Å²) in [5.41, 5.74) is 0.168. The van der Waals surface area contributed by atoms with Gasteiger partial charge in [0.15, 0.2) is 5.82 Å². The average molecular weight is 274 g/mol. The number of carboxylic acid groups (broad SMARTS) is 1. The van der Waals surface area contributed by atoms with Gasteiger partial charge in [-0.25, -0.2) is 4.39 Å². The first-order valence-electron chi connectivity index (χ1n) is 5.78. The van der Waals surface area contributed by atoms with Crippen molar-refractivity contribution >= 4 is 17.6 Å². The molecule has 0 aliphatic heterocycles. The maximum atomic E-state index is 13.6. The molecule has 1 aromatic heterocycles. The van der Waals surface area contributed by atoms with Gasteiger partial charge in [-0.15, -0.1) is 0 Å². The normalized spacial score (nSPS) is 10.1. The number of aromatic nitrogens is 1. The molecular formula is C14H11FN2O3. The average Bonchev–Trinajstić information content (AvgIpc) is 2.45. The van der Waals surface area contributed by atoms with Crippen LogP contribution in [0.2, 0.25) is 0 Å². The molecule has 1 heterocycles. The van der Waals surface area contributed by atoms with Crippen LogP contribution in [0, 0.1) is 5.82 Å². The molecule has 0 aliphatic rings. The zero-order valence-electron chi connectivity index (χ0n) is 10.4. The molecule has 0 atom stereocenters. The lowest BCUT2D eigenvalue weighted by Crippen LogP contribution is -2.36. The molecule has 0 bridgehead atoms. The number of anilines is 1. The highest BCUT2D eigenvalue weighted by atomic mass is 19.1. The molecule has 102 valence electrons. The van der Waals surface area contributed by atoms with Crippen molar-refractivity contribution in [3.63, 3.8) is 0 Å². The van der Waals surface area contributed by atoms with Crippen LogP contribution in [0.3, 0.4) is 0 Å². The fourth-order valence-corrected chi connectivity index (χ4v) is 1.72. The Kier molecular flexibility index (Phi) is 4.05. The highest BCUT2D eigenvalue weighted by Gasteiger charge is 2.22. The minimum atomic E-state index is -1.18.